The van der Waals surface area contributed by atoms with E-state index in [-0.39, 0.29) is 0 Å². The summed E-state index contributed by atoms with van der Waals surface area (Å²) in [5, 5.41) is 3.43. The van der Waals surface area contributed by atoms with Crippen LogP contribution in [-0.4, -0.2) is 32.8 Å². The maximum atomic E-state index is 5.07. The van der Waals surface area contributed by atoms with E-state index >= 15 is 0 Å². The molecule has 106 valence electrons. The zero-order chi connectivity index (χ0) is 13.7. The van der Waals surface area contributed by atoms with Crippen molar-refractivity contribution in [2.24, 2.45) is 0 Å². The van der Waals surface area contributed by atoms with Crippen molar-refractivity contribution < 1.29 is 4.74 Å². The van der Waals surface area contributed by atoms with E-state index in [9.17, 15) is 0 Å². The fourth-order valence-corrected chi connectivity index (χ4v) is 2.99. The molecule has 1 aromatic rings. The van der Waals surface area contributed by atoms with Crippen LogP contribution in [0.4, 0.5) is 5.69 Å². The summed E-state index contributed by atoms with van der Waals surface area (Å²) >= 11 is 3.59. The maximum Gasteiger partial charge on any atom is 0.0587 e. The molecular formula is C15H23BrN2O. The smallest absolute Gasteiger partial charge is 0.0587 e. The minimum atomic E-state index is 0.645. The van der Waals surface area contributed by atoms with E-state index in [4.69, 9.17) is 4.74 Å². The average Bonchev–Trinajstić information content (AvgIpc) is 2.82. The highest BCUT2D eigenvalue weighted by Crippen LogP contribution is 2.31. The first-order chi connectivity index (χ1) is 9.22. The molecule has 1 saturated heterocycles. The fraction of sp³-hybridized carbons (Fsp3) is 0.600. The number of nitrogens with zero attached hydrogens (tertiary/aromatic N) is 1. The van der Waals surface area contributed by atoms with Crippen LogP contribution in [0.2, 0.25) is 0 Å². The molecule has 0 spiro atoms. The number of hydrogen-bond donors (Lipinski definition) is 1. The van der Waals surface area contributed by atoms with Gasteiger partial charge in [0, 0.05) is 42.9 Å². The van der Waals surface area contributed by atoms with Crippen molar-refractivity contribution in [3.63, 3.8) is 0 Å². The molecule has 2 rings (SSSR count). The maximum absolute atomic E-state index is 5.07. The summed E-state index contributed by atoms with van der Waals surface area (Å²) in [6, 6.07) is 7.23. The zero-order valence-electron chi connectivity index (χ0n) is 11.8. The van der Waals surface area contributed by atoms with Crippen molar-refractivity contribution in [1.29, 1.82) is 0 Å². The molecule has 1 aliphatic heterocycles. The molecule has 0 saturated carbocycles. The second-order valence-corrected chi connectivity index (χ2v) is 6.04. The topological polar surface area (TPSA) is 24.5 Å². The van der Waals surface area contributed by atoms with E-state index in [0.717, 1.165) is 24.2 Å². The van der Waals surface area contributed by atoms with Crippen LogP contribution in [-0.2, 0) is 11.3 Å². The average molecular weight is 327 g/mol. The van der Waals surface area contributed by atoms with Gasteiger partial charge in [-0.2, -0.15) is 0 Å². The van der Waals surface area contributed by atoms with Gasteiger partial charge in [-0.05, 0) is 37.5 Å². The summed E-state index contributed by atoms with van der Waals surface area (Å²) in [4.78, 5) is 2.53. The third-order valence-electron chi connectivity index (χ3n) is 3.71. The molecule has 1 fully saturated rings. The lowest BCUT2D eigenvalue weighted by Crippen LogP contribution is -2.28. The predicted octanol–water partition coefficient (Wildman–Crippen LogP) is 3.17. The molecule has 1 aliphatic rings. The minimum Gasteiger partial charge on any atom is -0.383 e. The Morgan fingerprint density at radius 2 is 2.32 bits per heavy atom. The third kappa shape index (κ3) is 3.94. The monoisotopic (exact) mass is 326 g/mol. The summed E-state index contributed by atoms with van der Waals surface area (Å²) in [5.41, 5.74) is 2.73. The Kier molecular flexibility index (Phi) is 5.67. The van der Waals surface area contributed by atoms with Crippen LogP contribution in [0.15, 0.2) is 22.7 Å². The lowest BCUT2D eigenvalue weighted by Gasteiger charge is -2.27. The van der Waals surface area contributed by atoms with Gasteiger partial charge in [0.15, 0.2) is 0 Å². The van der Waals surface area contributed by atoms with Crippen molar-refractivity contribution in [2.45, 2.75) is 32.4 Å². The largest absolute Gasteiger partial charge is 0.383 e. The molecule has 0 bridgehead atoms. The van der Waals surface area contributed by atoms with Gasteiger partial charge >= 0.3 is 0 Å². The standard InChI is InChI=1S/C15H23BrN2O/c1-12-4-3-8-18(12)15-10-14(16)6-5-13(15)11-17-7-9-19-2/h5-6,10,12,17H,3-4,7-9,11H2,1-2H3. The highest BCUT2D eigenvalue weighted by atomic mass is 79.9. The van der Waals surface area contributed by atoms with Crippen LogP contribution in [0.5, 0.6) is 0 Å². The van der Waals surface area contributed by atoms with E-state index in [0.29, 0.717) is 6.04 Å². The summed E-state index contributed by atoms with van der Waals surface area (Å²) in [6.07, 6.45) is 2.59. The number of methoxy groups -OCH3 is 1. The Hall–Kier alpha value is -0.580. The fourth-order valence-electron chi connectivity index (χ4n) is 2.64. The summed E-state index contributed by atoms with van der Waals surface area (Å²) in [6.45, 7) is 6.03. The van der Waals surface area contributed by atoms with Gasteiger partial charge in [-0.25, -0.2) is 0 Å². The number of nitrogens with one attached hydrogen (secondary N) is 1. The van der Waals surface area contributed by atoms with Crippen LogP contribution in [0.1, 0.15) is 25.3 Å². The molecule has 0 amide bonds. The van der Waals surface area contributed by atoms with Crippen molar-refractivity contribution >= 4 is 21.6 Å². The van der Waals surface area contributed by atoms with Crippen molar-refractivity contribution in [3.05, 3.63) is 28.2 Å². The van der Waals surface area contributed by atoms with Gasteiger partial charge in [0.05, 0.1) is 6.61 Å². The highest BCUT2D eigenvalue weighted by Gasteiger charge is 2.22. The molecule has 1 aromatic carbocycles. The molecule has 1 atom stereocenters. The Bertz CT molecular complexity index is 411. The van der Waals surface area contributed by atoms with Gasteiger partial charge in [-0.1, -0.05) is 22.0 Å². The van der Waals surface area contributed by atoms with Gasteiger partial charge < -0.3 is 15.0 Å². The van der Waals surface area contributed by atoms with Crippen LogP contribution in [0.3, 0.4) is 0 Å². The highest BCUT2D eigenvalue weighted by molar-refractivity contribution is 9.10. The van der Waals surface area contributed by atoms with Crippen molar-refractivity contribution in [3.8, 4) is 0 Å². The molecule has 19 heavy (non-hydrogen) atoms. The number of hydrogen-bond acceptors (Lipinski definition) is 3. The molecule has 0 aliphatic carbocycles. The lowest BCUT2D eigenvalue weighted by atomic mass is 10.1. The first kappa shape index (κ1) is 14.8. The molecule has 0 aromatic heterocycles. The molecule has 0 radical (unpaired) electrons. The zero-order valence-corrected chi connectivity index (χ0v) is 13.4. The van der Waals surface area contributed by atoms with E-state index in [2.05, 4.69) is 51.3 Å². The number of rotatable bonds is 6. The Labute approximate surface area is 124 Å². The van der Waals surface area contributed by atoms with Gasteiger partial charge in [-0.3, -0.25) is 0 Å². The molecule has 1 unspecified atom stereocenters. The second-order valence-electron chi connectivity index (χ2n) is 5.13. The minimum absolute atomic E-state index is 0.645. The number of anilines is 1. The molecule has 1 N–H and O–H groups in total. The normalized spacial score (nSPS) is 19.1. The number of halogens is 1. The number of ether oxygens (including phenoxy) is 1. The summed E-state index contributed by atoms with van der Waals surface area (Å²) < 4.78 is 6.22. The SMILES string of the molecule is COCCNCc1ccc(Br)cc1N1CCCC1C. The van der Waals surface area contributed by atoms with Gasteiger partial charge in [0.1, 0.15) is 0 Å². The summed E-state index contributed by atoms with van der Waals surface area (Å²) in [7, 11) is 1.73. The van der Waals surface area contributed by atoms with E-state index in [1.807, 2.05) is 0 Å². The Morgan fingerprint density at radius 3 is 3.00 bits per heavy atom. The van der Waals surface area contributed by atoms with E-state index < -0.39 is 0 Å². The number of benzene rings is 1. The lowest BCUT2D eigenvalue weighted by molar-refractivity contribution is 0.199. The molecule has 3 nitrogen and oxygen atoms in total. The molecule has 4 heteroatoms. The van der Waals surface area contributed by atoms with Gasteiger partial charge in [0.2, 0.25) is 0 Å². The van der Waals surface area contributed by atoms with Crippen LogP contribution in [0, 0.1) is 0 Å². The van der Waals surface area contributed by atoms with Crippen LogP contribution >= 0.6 is 15.9 Å². The van der Waals surface area contributed by atoms with Crippen molar-refractivity contribution in [1.82, 2.24) is 5.32 Å². The first-order valence-corrected chi connectivity index (χ1v) is 7.76. The van der Waals surface area contributed by atoms with Crippen LogP contribution < -0.4 is 10.2 Å². The predicted molar refractivity (Wildman–Crippen MR) is 83.8 cm³/mol. The van der Waals surface area contributed by atoms with Gasteiger partial charge in [-0.15, -0.1) is 0 Å². The summed E-state index contributed by atoms with van der Waals surface area (Å²) in [5.74, 6) is 0. The molecular weight excluding hydrogens is 304 g/mol. The van der Waals surface area contributed by atoms with Gasteiger partial charge in [0.25, 0.3) is 0 Å². The molecule has 1 heterocycles. The van der Waals surface area contributed by atoms with Crippen LogP contribution in [0.25, 0.3) is 0 Å². The first-order valence-electron chi connectivity index (χ1n) is 6.97. The Balaban J connectivity index is 2.09. The second kappa shape index (κ2) is 7.27. The van der Waals surface area contributed by atoms with E-state index in [1.165, 1.54) is 30.6 Å². The van der Waals surface area contributed by atoms with E-state index in [1.54, 1.807) is 7.11 Å². The quantitative estimate of drug-likeness (QED) is 0.812. The van der Waals surface area contributed by atoms with Crippen molar-refractivity contribution in [2.75, 3.05) is 31.7 Å². The third-order valence-corrected chi connectivity index (χ3v) is 4.20. The Morgan fingerprint density at radius 1 is 1.47 bits per heavy atom.